The van der Waals surface area contributed by atoms with Crippen LogP contribution < -0.4 is 10.6 Å². The summed E-state index contributed by atoms with van der Waals surface area (Å²) in [6, 6.07) is 3.48. The number of hydrogen-bond donors (Lipinski definition) is 3. The van der Waals surface area contributed by atoms with Crippen molar-refractivity contribution in [3.8, 4) is 0 Å². The number of rotatable bonds is 8. The molecule has 1 unspecified atom stereocenters. The summed E-state index contributed by atoms with van der Waals surface area (Å²) in [6.07, 6.45) is 1.72. The van der Waals surface area contributed by atoms with Gasteiger partial charge in [0.25, 0.3) is 0 Å². The van der Waals surface area contributed by atoms with Crippen LogP contribution in [0, 0.1) is 0 Å². The first-order chi connectivity index (χ1) is 9.27. The van der Waals surface area contributed by atoms with E-state index in [2.05, 4.69) is 15.6 Å². The molecule has 0 aromatic carbocycles. The van der Waals surface area contributed by atoms with Gasteiger partial charge in [0.1, 0.15) is 11.9 Å². The molecule has 116 valence electrons. The molecule has 0 amide bonds. The van der Waals surface area contributed by atoms with E-state index in [-0.39, 0.29) is 30.5 Å². The first-order valence-electron chi connectivity index (χ1n) is 6.50. The Hall–Kier alpha value is -0.800. The minimum atomic E-state index is -0.718. The van der Waals surface area contributed by atoms with Crippen molar-refractivity contribution in [1.82, 2.24) is 10.6 Å². The highest BCUT2D eigenvalue weighted by molar-refractivity contribution is 14.0. The molecule has 6 nitrogen and oxygen atoms in total. The lowest BCUT2D eigenvalue weighted by Crippen LogP contribution is -2.38. The molecule has 0 saturated carbocycles. The van der Waals surface area contributed by atoms with E-state index in [0.29, 0.717) is 18.3 Å². The molecule has 0 saturated heterocycles. The Labute approximate surface area is 137 Å². The van der Waals surface area contributed by atoms with Gasteiger partial charge < -0.3 is 24.9 Å². The molecule has 1 rings (SSSR count). The fraction of sp³-hybridized carbons (Fsp3) is 0.615. The highest BCUT2D eigenvalue weighted by Gasteiger charge is 2.09. The van der Waals surface area contributed by atoms with E-state index in [0.717, 1.165) is 19.5 Å². The minimum Gasteiger partial charge on any atom is -0.467 e. The van der Waals surface area contributed by atoms with Crippen molar-refractivity contribution >= 4 is 29.9 Å². The molecule has 1 aromatic heterocycles. The summed E-state index contributed by atoms with van der Waals surface area (Å²) >= 11 is 0. The Bertz CT molecular complexity index is 358. The highest BCUT2D eigenvalue weighted by atomic mass is 127. The molecule has 3 N–H and O–H groups in total. The van der Waals surface area contributed by atoms with Gasteiger partial charge in [-0.15, -0.1) is 24.0 Å². The lowest BCUT2D eigenvalue weighted by Gasteiger charge is -2.12. The Balaban J connectivity index is 0.00000361. The fourth-order valence-corrected chi connectivity index (χ4v) is 1.51. The lowest BCUT2D eigenvalue weighted by atomic mass is 10.3. The van der Waals surface area contributed by atoms with Gasteiger partial charge in [-0.05, 0) is 25.5 Å². The molecular formula is C13H24IN3O3. The molecule has 0 aliphatic heterocycles. The van der Waals surface area contributed by atoms with Crippen LogP contribution in [0.2, 0.25) is 0 Å². The maximum absolute atomic E-state index is 9.86. The van der Waals surface area contributed by atoms with Crippen LogP contribution in [0.4, 0.5) is 0 Å². The second kappa shape index (κ2) is 12.0. The zero-order valence-corrected chi connectivity index (χ0v) is 14.3. The van der Waals surface area contributed by atoms with Crippen molar-refractivity contribution in [3.63, 3.8) is 0 Å². The summed E-state index contributed by atoms with van der Waals surface area (Å²) in [6.45, 7) is 4.51. The molecule has 0 aliphatic rings. The molecule has 20 heavy (non-hydrogen) atoms. The molecule has 0 spiro atoms. The van der Waals surface area contributed by atoms with E-state index >= 15 is 0 Å². The minimum absolute atomic E-state index is 0. The maximum atomic E-state index is 9.86. The predicted octanol–water partition coefficient (Wildman–Crippen LogP) is 1.52. The lowest BCUT2D eigenvalue weighted by molar-refractivity contribution is 0.158. The molecule has 0 bridgehead atoms. The third-order valence-electron chi connectivity index (χ3n) is 2.46. The smallest absolute Gasteiger partial charge is 0.191 e. The summed E-state index contributed by atoms with van der Waals surface area (Å²) in [4.78, 5) is 4.31. The van der Waals surface area contributed by atoms with Gasteiger partial charge in [0, 0.05) is 26.8 Å². The van der Waals surface area contributed by atoms with Crippen molar-refractivity contribution in [2.24, 2.45) is 4.99 Å². The van der Waals surface area contributed by atoms with Crippen LogP contribution in [0.15, 0.2) is 27.8 Å². The largest absolute Gasteiger partial charge is 0.467 e. The summed E-state index contributed by atoms with van der Waals surface area (Å²) in [7, 11) is 1.68. The van der Waals surface area contributed by atoms with Crippen LogP contribution in [-0.2, 0) is 4.74 Å². The van der Waals surface area contributed by atoms with Crippen molar-refractivity contribution in [3.05, 3.63) is 24.2 Å². The molecule has 0 fully saturated rings. The van der Waals surface area contributed by atoms with Crippen LogP contribution in [0.5, 0.6) is 0 Å². The number of aliphatic hydroxyl groups is 1. The number of nitrogens with one attached hydrogen (secondary N) is 2. The van der Waals surface area contributed by atoms with Crippen LogP contribution in [-0.4, -0.2) is 44.4 Å². The van der Waals surface area contributed by atoms with Crippen LogP contribution in [0.25, 0.3) is 0 Å². The zero-order chi connectivity index (χ0) is 13.9. The van der Waals surface area contributed by atoms with Crippen molar-refractivity contribution in [2.45, 2.75) is 19.4 Å². The van der Waals surface area contributed by atoms with Gasteiger partial charge in [-0.3, -0.25) is 4.99 Å². The Kier molecular flexibility index (Phi) is 11.5. The number of halogens is 1. The third-order valence-corrected chi connectivity index (χ3v) is 2.46. The topological polar surface area (TPSA) is 79.0 Å². The summed E-state index contributed by atoms with van der Waals surface area (Å²) in [5, 5.41) is 16.1. The van der Waals surface area contributed by atoms with Crippen LogP contribution in [0.1, 0.15) is 25.2 Å². The highest BCUT2D eigenvalue weighted by Crippen LogP contribution is 2.12. The van der Waals surface area contributed by atoms with Gasteiger partial charge >= 0.3 is 0 Å². The predicted molar refractivity (Wildman–Crippen MR) is 89.6 cm³/mol. The van der Waals surface area contributed by atoms with E-state index < -0.39 is 6.10 Å². The Morgan fingerprint density at radius 2 is 2.30 bits per heavy atom. The van der Waals surface area contributed by atoms with Crippen molar-refractivity contribution in [1.29, 1.82) is 0 Å². The van der Waals surface area contributed by atoms with Crippen LogP contribution >= 0.6 is 24.0 Å². The van der Waals surface area contributed by atoms with E-state index in [1.165, 1.54) is 6.26 Å². The maximum Gasteiger partial charge on any atom is 0.191 e. The summed E-state index contributed by atoms with van der Waals surface area (Å²) in [5.74, 6) is 1.21. The fourth-order valence-electron chi connectivity index (χ4n) is 1.51. The first kappa shape index (κ1) is 19.2. The molecule has 0 radical (unpaired) electrons. The van der Waals surface area contributed by atoms with E-state index in [1.54, 1.807) is 19.2 Å². The van der Waals surface area contributed by atoms with Gasteiger partial charge in [0.2, 0.25) is 0 Å². The Morgan fingerprint density at radius 1 is 1.50 bits per heavy atom. The molecule has 0 aliphatic carbocycles. The summed E-state index contributed by atoms with van der Waals surface area (Å²) < 4.78 is 10.1. The van der Waals surface area contributed by atoms with Gasteiger partial charge in [-0.1, -0.05) is 0 Å². The van der Waals surface area contributed by atoms with Crippen molar-refractivity contribution < 1.29 is 14.3 Å². The third kappa shape index (κ3) is 7.71. The molecule has 1 atom stereocenters. The normalized spacial score (nSPS) is 12.7. The summed E-state index contributed by atoms with van der Waals surface area (Å²) in [5.41, 5.74) is 0. The number of hydrogen-bond acceptors (Lipinski definition) is 4. The molecule has 1 aromatic rings. The quantitative estimate of drug-likeness (QED) is 0.268. The average molecular weight is 397 g/mol. The Morgan fingerprint density at radius 3 is 2.90 bits per heavy atom. The SMILES string of the molecule is CCNC(=NCC(O)c1ccco1)NCCCOC.I. The van der Waals surface area contributed by atoms with Crippen LogP contribution in [0.3, 0.4) is 0 Å². The zero-order valence-electron chi connectivity index (χ0n) is 12.0. The number of methoxy groups -OCH3 is 1. The average Bonchev–Trinajstić information content (AvgIpc) is 2.94. The van der Waals surface area contributed by atoms with E-state index in [1.807, 2.05) is 6.92 Å². The first-order valence-corrected chi connectivity index (χ1v) is 6.50. The molecular weight excluding hydrogens is 373 g/mol. The second-order valence-corrected chi connectivity index (χ2v) is 4.02. The molecule has 7 heteroatoms. The van der Waals surface area contributed by atoms with Gasteiger partial charge in [0.05, 0.1) is 12.8 Å². The second-order valence-electron chi connectivity index (χ2n) is 4.02. The number of aliphatic hydroxyl groups excluding tert-OH is 1. The number of ether oxygens (including phenoxy) is 1. The number of aliphatic imine (C=N–C) groups is 1. The molecule has 1 heterocycles. The van der Waals surface area contributed by atoms with Crippen molar-refractivity contribution in [2.75, 3.05) is 33.4 Å². The number of furan rings is 1. The number of nitrogens with zero attached hydrogens (tertiary/aromatic N) is 1. The monoisotopic (exact) mass is 397 g/mol. The van der Waals surface area contributed by atoms with E-state index in [9.17, 15) is 5.11 Å². The van der Waals surface area contributed by atoms with Gasteiger partial charge in [0.15, 0.2) is 5.96 Å². The number of guanidine groups is 1. The van der Waals surface area contributed by atoms with E-state index in [4.69, 9.17) is 9.15 Å². The van der Waals surface area contributed by atoms with Gasteiger partial charge in [-0.2, -0.15) is 0 Å². The standard InChI is InChI=1S/C13H23N3O3.HI/c1-3-14-13(15-7-5-8-18-2)16-10-11(17)12-6-4-9-19-12;/h4,6,9,11,17H,3,5,7-8,10H2,1-2H3,(H2,14,15,16);1H. The van der Waals surface area contributed by atoms with Gasteiger partial charge in [-0.25, -0.2) is 0 Å².